The molecular formula is C13H20N2O3. The van der Waals surface area contributed by atoms with E-state index in [0.717, 1.165) is 36.6 Å². The normalized spacial score (nSPS) is 23.9. The standard InChI is InChI=1S/C13H20N2O3/c1-4-11-12(8(2)15-18-11)14-13(16)10-6-5-7-17-9(10)3/h9-10H,4-7H2,1-3H3,(H,14,16)/t9-,10-/m0/s1. The van der Waals surface area contributed by atoms with E-state index in [0.29, 0.717) is 6.42 Å². The zero-order valence-electron chi connectivity index (χ0n) is 11.2. The molecule has 2 heterocycles. The molecule has 1 N–H and O–H groups in total. The lowest BCUT2D eigenvalue weighted by Crippen LogP contribution is -2.36. The summed E-state index contributed by atoms with van der Waals surface area (Å²) in [6.07, 6.45) is 2.50. The van der Waals surface area contributed by atoms with Gasteiger partial charge in [0.2, 0.25) is 5.91 Å². The Balaban J connectivity index is 2.08. The highest BCUT2D eigenvalue weighted by Gasteiger charge is 2.29. The van der Waals surface area contributed by atoms with Crippen LogP contribution in [0.1, 0.15) is 38.1 Å². The van der Waals surface area contributed by atoms with Crippen LogP contribution in [-0.2, 0) is 16.0 Å². The molecule has 1 aliphatic heterocycles. The lowest BCUT2D eigenvalue weighted by Gasteiger charge is -2.27. The Kier molecular flexibility index (Phi) is 4.01. The fraction of sp³-hybridized carbons (Fsp3) is 0.692. The maximum absolute atomic E-state index is 12.2. The van der Waals surface area contributed by atoms with Gasteiger partial charge in [0.15, 0.2) is 5.76 Å². The second kappa shape index (κ2) is 5.52. The number of aryl methyl sites for hydroxylation is 2. The van der Waals surface area contributed by atoms with E-state index in [2.05, 4.69) is 10.5 Å². The van der Waals surface area contributed by atoms with Gasteiger partial charge in [-0.05, 0) is 26.7 Å². The SMILES string of the molecule is CCc1onc(C)c1NC(=O)[C@H]1CCCO[C@H]1C. The first-order valence-corrected chi connectivity index (χ1v) is 6.51. The van der Waals surface area contributed by atoms with E-state index in [1.165, 1.54) is 0 Å². The van der Waals surface area contributed by atoms with Crippen LogP contribution >= 0.6 is 0 Å². The average molecular weight is 252 g/mol. The molecule has 1 aromatic heterocycles. The van der Waals surface area contributed by atoms with Gasteiger partial charge in [-0.2, -0.15) is 0 Å². The summed E-state index contributed by atoms with van der Waals surface area (Å²) in [5.41, 5.74) is 1.45. The van der Waals surface area contributed by atoms with Crippen LogP contribution in [-0.4, -0.2) is 23.8 Å². The summed E-state index contributed by atoms with van der Waals surface area (Å²) in [5, 5.41) is 6.82. The summed E-state index contributed by atoms with van der Waals surface area (Å²) in [4.78, 5) is 12.2. The van der Waals surface area contributed by atoms with Crippen LogP contribution in [0.3, 0.4) is 0 Å². The molecule has 100 valence electrons. The Bertz CT molecular complexity index is 428. The maximum atomic E-state index is 12.2. The van der Waals surface area contributed by atoms with Gasteiger partial charge in [-0.1, -0.05) is 12.1 Å². The highest BCUT2D eigenvalue weighted by molar-refractivity contribution is 5.93. The molecule has 2 atom stereocenters. The van der Waals surface area contributed by atoms with Crippen LogP contribution in [0.25, 0.3) is 0 Å². The van der Waals surface area contributed by atoms with Crippen molar-refractivity contribution in [2.75, 3.05) is 11.9 Å². The predicted molar refractivity (Wildman–Crippen MR) is 67.4 cm³/mol. The molecular weight excluding hydrogens is 232 g/mol. The Morgan fingerprint density at radius 2 is 2.33 bits per heavy atom. The maximum Gasteiger partial charge on any atom is 0.230 e. The van der Waals surface area contributed by atoms with E-state index in [1.54, 1.807) is 0 Å². The molecule has 0 aliphatic carbocycles. The molecule has 0 saturated carbocycles. The molecule has 1 aromatic rings. The first kappa shape index (κ1) is 13.1. The highest BCUT2D eigenvalue weighted by atomic mass is 16.5. The van der Waals surface area contributed by atoms with Crippen LogP contribution in [0.15, 0.2) is 4.52 Å². The topological polar surface area (TPSA) is 64.4 Å². The van der Waals surface area contributed by atoms with Crippen molar-refractivity contribution in [1.82, 2.24) is 5.16 Å². The summed E-state index contributed by atoms with van der Waals surface area (Å²) in [7, 11) is 0. The Morgan fingerprint density at radius 1 is 1.56 bits per heavy atom. The second-order valence-corrected chi connectivity index (χ2v) is 4.73. The summed E-state index contributed by atoms with van der Waals surface area (Å²) in [6, 6.07) is 0. The number of amides is 1. The molecule has 1 saturated heterocycles. The molecule has 0 spiro atoms. The van der Waals surface area contributed by atoms with Crippen molar-refractivity contribution >= 4 is 11.6 Å². The van der Waals surface area contributed by atoms with E-state index in [1.807, 2.05) is 20.8 Å². The lowest BCUT2D eigenvalue weighted by atomic mass is 9.94. The monoisotopic (exact) mass is 252 g/mol. The Hall–Kier alpha value is -1.36. The molecule has 5 heteroatoms. The molecule has 0 aromatic carbocycles. The number of nitrogens with zero attached hydrogens (tertiary/aromatic N) is 1. The van der Waals surface area contributed by atoms with Crippen LogP contribution in [0.4, 0.5) is 5.69 Å². The largest absolute Gasteiger partial charge is 0.378 e. The fourth-order valence-electron chi connectivity index (χ4n) is 2.30. The smallest absolute Gasteiger partial charge is 0.230 e. The summed E-state index contributed by atoms with van der Waals surface area (Å²) in [6.45, 7) is 6.50. The summed E-state index contributed by atoms with van der Waals surface area (Å²) in [5.74, 6) is 0.645. The molecule has 1 fully saturated rings. The highest BCUT2D eigenvalue weighted by Crippen LogP contribution is 2.25. The molecule has 0 unspecified atom stereocenters. The average Bonchev–Trinajstić information content (AvgIpc) is 2.71. The molecule has 18 heavy (non-hydrogen) atoms. The minimum atomic E-state index is -0.0854. The van der Waals surface area contributed by atoms with Gasteiger partial charge in [-0.15, -0.1) is 0 Å². The molecule has 1 aliphatic rings. The molecule has 2 rings (SSSR count). The van der Waals surface area contributed by atoms with Crippen LogP contribution in [0, 0.1) is 12.8 Å². The first-order chi connectivity index (χ1) is 8.63. The van der Waals surface area contributed by atoms with Crippen molar-refractivity contribution in [2.24, 2.45) is 5.92 Å². The van der Waals surface area contributed by atoms with Crippen LogP contribution in [0.2, 0.25) is 0 Å². The van der Waals surface area contributed by atoms with Gasteiger partial charge in [0.05, 0.1) is 12.0 Å². The number of carbonyl (C=O) groups excluding carboxylic acids is 1. The van der Waals surface area contributed by atoms with E-state index in [-0.39, 0.29) is 17.9 Å². The van der Waals surface area contributed by atoms with Crippen LogP contribution < -0.4 is 5.32 Å². The Labute approximate surface area is 107 Å². The fourth-order valence-corrected chi connectivity index (χ4v) is 2.30. The second-order valence-electron chi connectivity index (χ2n) is 4.73. The summed E-state index contributed by atoms with van der Waals surface area (Å²) < 4.78 is 10.7. The third kappa shape index (κ3) is 2.56. The van der Waals surface area contributed by atoms with Crippen molar-refractivity contribution in [3.63, 3.8) is 0 Å². The molecule has 0 bridgehead atoms. The zero-order valence-corrected chi connectivity index (χ0v) is 11.2. The van der Waals surface area contributed by atoms with Gasteiger partial charge in [-0.3, -0.25) is 4.79 Å². The van der Waals surface area contributed by atoms with E-state index < -0.39 is 0 Å². The molecule has 1 amide bonds. The predicted octanol–water partition coefficient (Wildman–Crippen LogP) is 2.30. The zero-order chi connectivity index (χ0) is 13.1. The van der Waals surface area contributed by atoms with Crippen molar-refractivity contribution in [2.45, 2.75) is 46.1 Å². The number of hydrogen-bond acceptors (Lipinski definition) is 4. The third-order valence-electron chi connectivity index (χ3n) is 3.45. The van der Waals surface area contributed by atoms with Crippen molar-refractivity contribution in [1.29, 1.82) is 0 Å². The van der Waals surface area contributed by atoms with Gasteiger partial charge in [0.1, 0.15) is 11.4 Å². The Morgan fingerprint density at radius 3 is 3.00 bits per heavy atom. The summed E-state index contributed by atoms with van der Waals surface area (Å²) >= 11 is 0. The third-order valence-corrected chi connectivity index (χ3v) is 3.45. The number of ether oxygens (including phenoxy) is 1. The van der Waals surface area contributed by atoms with E-state index >= 15 is 0 Å². The van der Waals surface area contributed by atoms with Crippen LogP contribution in [0.5, 0.6) is 0 Å². The minimum Gasteiger partial charge on any atom is -0.378 e. The molecule has 5 nitrogen and oxygen atoms in total. The first-order valence-electron chi connectivity index (χ1n) is 6.51. The number of aromatic nitrogens is 1. The number of hydrogen-bond donors (Lipinski definition) is 1. The van der Waals surface area contributed by atoms with Crippen molar-refractivity contribution in [3.05, 3.63) is 11.5 Å². The van der Waals surface area contributed by atoms with Gasteiger partial charge in [0, 0.05) is 13.0 Å². The minimum absolute atomic E-state index is 0.00296. The lowest BCUT2D eigenvalue weighted by molar-refractivity contribution is -0.127. The van der Waals surface area contributed by atoms with Crippen molar-refractivity contribution in [3.8, 4) is 0 Å². The van der Waals surface area contributed by atoms with Gasteiger partial charge >= 0.3 is 0 Å². The van der Waals surface area contributed by atoms with Gasteiger partial charge in [0.25, 0.3) is 0 Å². The number of rotatable bonds is 3. The van der Waals surface area contributed by atoms with Gasteiger partial charge < -0.3 is 14.6 Å². The number of anilines is 1. The van der Waals surface area contributed by atoms with Gasteiger partial charge in [-0.25, -0.2) is 0 Å². The van der Waals surface area contributed by atoms with Crippen molar-refractivity contribution < 1.29 is 14.1 Å². The quantitative estimate of drug-likeness (QED) is 0.896. The van der Waals surface area contributed by atoms with E-state index in [9.17, 15) is 4.79 Å². The number of nitrogens with one attached hydrogen (secondary N) is 1. The van der Waals surface area contributed by atoms with E-state index in [4.69, 9.17) is 9.26 Å². The molecule has 0 radical (unpaired) electrons. The number of carbonyl (C=O) groups is 1.